The Morgan fingerprint density at radius 2 is 2.00 bits per heavy atom. The molecule has 0 atom stereocenters. The molecule has 0 aliphatic carbocycles. The van der Waals surface area contributed by atoms with Crippen LogP contribution in [0.15, 0.2) is 33.0 Å². The van der Waals surface area contributed by atoms with E-state index in [9.17, 15) is 4.79 Å². The second kappa shape index (κ2) is 8.81. The first kappa shape index (κ1) is 23.0. The Kier molecular flexibility index (Phi) is 5.96. The van der Waals surface area contributed by atoms with Crippen molar-refractivity contribution in [2.45, 2.75) is 49.4 Å². The lowest BCUT2D eigenvalue weighted by Gasteiger charge is -2.40. The molecule has 0 radical (unpaired) electrons. The number of likely N-dealkylation sites (tertiary alicyclic amines) is 1. The summed E-state index contributed by atoms with van der Waals surface area (Å²) < 4.78 is 19.2. The Morgan fingerprint density at radius 1 is 1.26 bits per heavy atom. The summed E-state index contributed by atoms with van der Waals surface area (Å²) in [6, 6.07) is 3.78. The van der Waals surface area contributed by atoms with Crippen molar-refractivity contribution in [1.82, 2.24) is 24.4 Å². The minimum absolute atomic E-state index is 0.214. The maximum Gasteiger partial charge on any atom is 0.410 e. The summed E-state index contributed by atoms with van der Waals surface area (Å²) >= 11 is 4.99. The summed E-state index contributed by atoms with van der Waals surface area (Å²) in [7, 11) is 0. The number of carbonyl (C=O) groups is 1. The fraction of sp³-hybridized carbons (Fsp3) is 0.455. The summed E-state index contributed by atoms with van der Waals surface area (Å²) in [6.07, 6.45) is 2.32. The van der Waals surface area contributed by atoms with E-state index in [-0.39, 0.29) is 12.9 Å². The van der Waals surface area contributed by atoms with Gasteiger partial charge >= 0.3 is 6.09 Å². The van der Waals surface area contributed by atoms with Gasteiger partial charge in [-0.05, 0) is 72.9 Å². The van der Waals surface area contributed by atoms with Gasteiger partial charge in [0.1, 0.15) is 5.60 Å². The second-order valence-electron chi connectivity index (χ2n) is 9.28. The maximum absolute atomic E-state index is 12.1. The van der Waals surface area contributed by atoms with Crippen LogP contribution < -0.4 is 15.2 Å². The van der Waals surface area contributed by atoms with E-state index < -0.39 is 5.60 Å². The zero-order valence-corrected chi connectivity index (χ0v) is 21.5. The quantitative estimate of drug-likeness (QED) is 0.498. The number of nitrogen functional groups attached to an aromatic ring is 1. The molecule has 180 valence electrons. The zero-order valence-electron chi connectivity index (χ0n) is 19.1. The standard InChI is InChI=1S/C22H25BrN6O4S/c1-22(2,3)33-21(30)29-8-12(9-29)4-5-28-10-25-18(24)17-19(28)27-20(26-17)34-16-7-15-14(6-13(16)23)31-11-32-15/h6-7,10,12H,4-5,8-9,11,24H2,1-3H3. The summed E-state index contributed by atoms with van der Waals surface area (Å²) in [6.45, 7) is 7.91. The van der Waals surface area contributed by atoms with E-state index in [2.05, 4.69) is 25.9 Å². The molecule has 4 aliphatic heterocycles. The molecule has 0 unspecified atom stereocenters. The Labute approximate surface area is 209 Å². The number of carbonyl (C=O) groups excluding carboxylic acids is 1. The molecule has 0 spiro atoms. The molecule has 1 fully saturated rings. The van der Waals surface area contributed by atoms with Gasteiger partial charge < -0.3 is 29.4 Å². The average Bonchev–Trinajstić information content (AvgIpc) is 3.34. The highest BCUT2D eigenvalue weighted by Crippen LogP contribution is 2.43. The number of aromatic nitrogens is 4. The normalized spacial score (nSPS) is 15.6. The lowest BCUT2D eigenvalue weighted by Crippen LogP contribution is -2.51. The van der Waals surface area contributed by atoms with E-state index in [0.717, 1.165) is 15.8 Å². The first-order valence-electron chi connectivity index (χ1n) is 10.9. The van der Waals surface area contributed by atoms with E-state index in [1.165, 1.54) is 11.8 Å². The maximum atomic E-state index is 12.1. The van der Waals surface area contributed by atoms with E-state index >= 15 is 0 Å². The molecule has 10 nitrogen and oxygen atoms in total. The molecule has 4 heterocycles. The zero-order chi connectivity index (χ0) is 24.0. The van der Waals surface area contributed by atoms with Gasteiger partial charge in [-0.3, -0.25) is 0 Å². The third-order valence-corrected chi connectivity index (χ3v) is 7.33. The third kappa shape index (κ3) is 4.74. The lowest BCUT2D eigenvalue weighted by atomic mass is 9.97. The Bertz CT molecular complexity index is 1210. The van der Waals surface area contributed by atoms with Crippen molar-refractivity contribution >= 4 is 39.6 Å². The summed E-state index contributed by atoms with van der Waals surface area (Å²) in [5.74, 6) is 2.83. The highest BCUT2D eigenvalue weighted by atomic mass is 79.9. The fourth-order valence-electron chi connectivity index (χ4n) is 3.77. The fourth-order valence-corrected chi connectivity index (χ4v) is 5.12. The van der Waals surface area contributed by atoms with Crippen molar-refractivity contribution in [3.8, 4) is 23.0 Å². The Balaban J connectivity index is 1.25. The number of halogens is 1. The molecule has 2 N–H and O–H groups in total. The highest BCUT2D eigenvalue weighted by molar-refractivity contribution is 9.10. The second-order valence-corrected chi connectivity index (χ2v) is 11.1. The molecule has 1 amide bonds. The molecule has 1 saturated heterocycles. The van der Waals surface area contributed by atoms with Gasteiger partial charge in [-0.1, -0.05) is 0 Å². The number of rotatable bonds is 5. The molecule has 34 heavy (non-hydrogen) atoms. The van der Waals surface area contributed by atoms with Crippen molar-refractivity contribution in [3.05, 3.63) is 22.9 Å². The summed E-state index contributed by atoms with van der Waals surface area (Å²) in [4.78, 5) is 28.4. The average molecular weight is 549 g/mol. The van der Waals surface area contributed by atoms with Gasteiger partial charge in [-0.25, -0.2) is 19.7 Å². The number of nitrogens with two attached hydrogens (primary N) is 1. The smallest absolute Gasteiger partial charge is 0.410 e. The van der Waals surface area contributed by atoms with Crippen LogP contribution >= 0.6 is 27.7 Å². The van der Waals surface area contributed by atoms with Gasteiger partial charge in [0.05, 0.1) is 6.33 Å². The molecule has 0 aromatic heterocycles. The Morgan fingerprint density at radius 3 is 2.74 bits per heavy atom. The predicted octanol–water partition coefficient (Wildman–Crippen LogP) is 4.26. The summed E-state index contributed by atoms with van der Waals surface area (Å²) in [5, 5.41) is 0.572. The SMILES string of the molecule is CC(C)(C)OC(=O)N1CC(CCn2cnc(N)c3nc(Sc4cc5c(cc4Br)OCO5)nc2-3)C1. The topological polar surface area (TPSA) is 118 Å². The first-order chi connectivity index (χ1) is 16.2. The lowest BCUT2D eigenvalue weighted by molar-refractivity contribution is -0.00266. The number of ether oxygens (including phenoxy) is 3. The van der Waals surface area contributed by atoms with E-state index in [0.29, 0.717) is 59.5 Å². The molecule has 12 heteroatoms. The van der Waals surface area contributed by atoms with Crippen LogP contribution in [0.3, 0.4) is 0 Å². The molecule has 1 aromatic rings. The number of hydrogen-bond acceptors (Lipinski definition) is 9. The Hall–Kier alpha value is -2.73. The minimum Gasteiger partial charge on any atom is -0.454 e. The van der Waals surface area contributed by atoms with E-state index in [1.54, 1.807) is 11.2 Å². The predicted molar refractivity (Wildman–Crippen MR) is 129 cm³/mol. The van der Waals surface area contributed by atoms with E-state index in [1.807, 2.05) is 37.5 Å². The number of aryl methyl sites for hydroxylation is 1. The molecule has 1 aromatic carbocycles. The number of nitrogens with zero attached hydrogens (tertiary/aromatic N) is 5. The first-order valence-corrected chi connectivity index (χ1v) is 12.5. The molecular formula is C22H25BrN6O4S. The third-order valence-electron chi connectivity index (χ3n) is 5.49. The van der Waals surface area contributed by atoms with Crippen molar-refractivity contribution in [3.63, 3.8) is 0 Å². The van der Waals surface area contributed by atoms with Crippen molar-refractivity contribution < 1.29 is 19.0 Å². The molecule has 0 bridgehead atoms. The van der Waals surface area contributed by atoms with Gasteiger partial charge in [-0.2, -0.15) is 0 Å². The van der Waals surface area contributed by atoms with Gasteiger partial charge in [0.15, 0.2) is 34.0 Å². The largest absolute Gasteiger partial charge is 0.454 e. The number of amides is 1. The number of anilines is 1. The van der Waals surface area contributed by atoms with Gasteiger partial charge in [0.25, 0.3) is 0 Å². The monoisotopic (exact) mass is 548 g/mol. The van der Waals surface area contributed by atoms with Crippen LogP contribution in [-0.2, 0) is 11.3 Å². The van der Waals surface area contributed by atoms with Crippen LogP contribution in [0.4, 0.5) is 10.6 Å². The van der Waals surface area contributed by atoms with Crippen molar-refractivity contribution in [2.75, 3.05) is 25.6 Å². The van der Waals surface area contributed by atoms with Gasteiger partial charge in [-0.15, -0.1) is 0 Å². The van der Waals surface area contributed by atoms with Crippen LogP contribution in [0.1, 0.15) is 27.2 Å². The van der Waals surface area contributed by atoms with Crippen LogP contribution in [-0.4, -0.2) is 56.0 Å². The molecular weight excluding hydrogens is 524 g/mol. The minimum atomic E-state index is -0.484. The molecule has 5 rings (SSSR count). The molecule has 0 saturated carbocycles. The van der Waals surface area contributed by atoms with Crippen molar-refractivity contribution in [1.29, 1.82) is 0 Å². The van der Waals surface area contributed by atoms with Gasteiger partial charge in [0.2, 0.25) is 6.79 Å². The van der Waals surface area contributed by atoms with Crippen LogP contribution in [0.5, 0.6) is 11.5 Å². The number of fused-ring (bicyclic) bond motifs is 2. The number of imidazole rings is 1. The number of benzene rings is 1. The van der Waals surface area contributed by atoms with Crippen molar-refractivity contribution in [2.24, 2.45) is 5.92 Å². The summed E-state index contributed by atoms with van der Waals surface area (Å²) in [5.41, 5.74) is 6.18. The van der Waals surface area contributed by atoms with Crippen LogP contribution in [0, 0.1) is 5.92 Å². The van der Waals surface area contributed by atoms with Crippen LogP contribution in [0.25, 0.3) is 11.5 Å². The molecule has 4 aliphatic rings. The van der Waals surface area contributed by atoms with E-state index in [4.69, 9.17) is 24.9 Å². The van der Waals surface area contributed by atoms with Gasteiger partial charge in [0, 0.05) is 29.0 Å². The number of hydrogen-bond donors (Lipinski definition) is 1. The highest BCUT2D eigenvalue weighted by Gasteiger charge is 2.33. The van der Waals surface area contributed by atoms with Crippen LogP contribution in [0.2, 0.25) is 0 Å².